The molecule has 1 aromatic rings. The Morgan fingerprint density at radius 2 is 2.32 bits per heavy atom. The predicted octanol–water partition coefficient (Wildman–Crippen LogP) is 0.736. The van der Waals surface area contributed by atoms with Gasteiger partial charge in [-0.05, 0) is 13.0 Å². The first kappa shape index (κ1) is 12.9. The second-order valence-electron chi connectivity index (χ2n) is 4.33. The Morgan fingerprint density at radius 3 is 2.79 bits per heavy atom. The molecule has 1 atom stereocenters. The van der Waals surface area contributed by atoms with Gasteiger partial charge in [0.05, 0.1) is 10.8 Å². The molecule has 1 unspecified atom stereocenters. The fraction of sp³-hybridized carbons (Fsp3) is 0.364. The molecule has 0 radical (unpaired) electrons. The van der Waals surface area contributed by atoms with Crippen molar-refractivity contribution in [3.05, 3.63) is 27.9 Å². The molecule has 8 heteroatoms. The van der Waals surface area contributed by atoms with Crippen molar-refractivity contribution in [1.29, 1.82) is 0 Å². The number of aliphatic carboxylic acids is 1. The van der Waals surface area contributed by atoms with Gasteiger partial charge in [-0.1, -0.05) is 0 Å². The van der Waals surface area contributed by atoms with Gasteiger partial charge in [-0.15, -0.1) is 0 Å². The molecule has 1 fully saturated rings. The van der Waals surface area contributed by atoms with Crippen molar-refractivity contribution in [3.63, 3.8) is 0 Å². The summed E-state index contributed by atoms with van der Waals surface area (Å²) in [6, 6.07) is 1.42. The van der Waals surface area contributed by atoms with Crippen LogP contribution in [-0.4, -0.2) is 33.4 Å². The van der Waals surface area contributed by atoms with E-state index in [0.29, 0.717) is 5.56 Å². The molecule has 2 heterocycles. The minimum absolute atomic E-state index is 0.0401. The first-order chi connectivity index (χ1) is 8.90. The summed E-state index contributed by atoms with van der Waals surface area (Å²) in [7, 11) is 0. The highest BCUT2D eigenvalue weighted by molar-refractivity contribution is 5.98. The molecule has 2 rings (SSSR count). The molecule has 1 saturated heterocycles. The lowest BCUT2D eigenvalue weighted by atomic mass is 10.1. The van der Waals surface area contributed by atoms with E-state index in [1.807, 2.05) is 0 Å². The zero-order valence-electron chi connectivity index (χ0n) is 10.1. The Kier molecular flexibility index (Phi) is 3.16. The lowest BCUT2D eigenvalue weighted by Crippen LogP contribution is -2.26. The van der Waals surface area contributed by atoms with Crippen LogP contribution in [0, 0.1) is 23.0 Å². The topological polar surface area (TPSA) is 114 Å². The third kappa shape index (κ3) is 2.37. The Bertz CT molecular complexity index is 571. The second-order valence-corrected chi connectivity index (χ2v) is 4.33. The molecule has 0 bridgehead atoms. The van der Waals surface area contributed by atoms with Gasteiger partial charge in [-0.25, -0.2) is 4.98 Å². The summed E-state index contributed by atoms with van der Waals surface area (Å²) in [5, 5.41) is 19.5. The van der Waals surface area contributed by atoms with Crippen molar-refractivity contribution in [2.75, 3.05) is 11.4 Å². The first-order valence-electron chi connectivity index (χ1n) is 5.54. The van der Waals surface area contributed by atoms with Gasteiger partial charge in [0, 0.05) is 18.5 Å². The number of carboxylic acids is 1. The summed E-state index contributed by atoms with van der Waals surface area (Å²) in [4.78, 5) is 37.8. The van der Waals surface area contributed by atoms with Gasteiger partial charge in [0.1, 0.15) is 12.0 Å². The van der Waals surface area contributed by atoms with E-state index in [1.165, 1.54) is 11.0 Å². The molecule has 100 valence electrons. The number of pyridine rings is 1. The highest BCUT2D eigenvalue weighted by atomic mass is 16.6. The van der Waals surface area contributed by atoms with Gasteiger partial charge in [0.15, 0.2) is 0 Å². The zero-order valence-corrected chi connectivity index (χ0v) is 10.1. The summed E-state index contributed by atoms with van der Waals surface area (Å²) in [6.07, 6.45) is 0.999. The standard InChI is InChI=1S/C11H11N3O5/c1-6-2-9(12-4-8(6)14(18)19)13-5-7(11(16)17)3-10(13)15/h2,4,7H,3,5H2,1H3,(H,16,17). The van der Waals surface area contributed by atoms with Gasteiger partial charge < -0.3 is 5.11 Å². The van der Waals surface area contributed by atoms with Crippen LogP contribution in [-0.2, 0) is 9.59 Å². The highest BCUT2D eigenvalue weighted by Gasteiger charge is 2.36. The van der Waals surface area contributed by atoms with Crippen molar-refractivity contribution >= 4 is 23.4 Å². The summed E-state index contributed by atoms with van der Waals surface area (Å²) in [5.41, 5.74) is 0.242. The molecule has 0 aromatic carbocycles. The SMILES string of the molecule is Cc1cc(N2CC(C(=O)O)CC2=O)ncc1[N+](=O)[O-]. The molecular weight excluding hydrogens is 254 g/mol. The smallest absolute Gasteiger partial charge is 0.308 e. The lowest BCUT2D eigenvalue weighted by Gasteiger charge is -2.15. The summed E-state index contributed by atoms with van der Waals surface area (Å²) in [5.74, 6) is -1.88. The number of carbonyl (C=O) groups excluding carboxylic acids is 1. The number of amides is 1. The number of rotatable bonds is 3. The lowest BCUT2D eigenvalue weighted by molar-refractivity contribution is -0.385. The molecule has 1 aliphatic rings. The number of nitrogens with zero attached hydrogens (tertiary/aromatic N) is 3. The number of nitro groups is 1. The van der Waals surface area contributed by atoms with E-state index >= 15 is 0 Å². The van der Waals surface area contributed by atoms with Crippen LogP contribution >= 0.6 is 0 Å². The highest BCUT2D eigenvalue weighted by Crippen LogP contribution is 2.26. The van der Waals surface area contributed by atoms with Gasteiger partial charge in [0.25, 0.3) is 5.69 Å². The average Bonchev–Trinajstić information content (AvgIpc) is 2.71. The minimum atomic E-state index is -1.03. The number of aromatic nitrogens is 1. The third-order valence-corrected chi connectivity index (χ3v) is 3.02. The fourth-order valence-electron chi connectivity index (χ4n) is 1.97. The number of carboxylic acid groups (broad SMARTS) is 1. The van der Waals surface area contributed by atoms with Crippen LogP contribution in [0.25, 0.3) is 0 Å². The fourth-order valence-corrected chi connectivity index (χ4v) is 1.97. The van der Waals surface area contributed by atoms with Crippen LogP contribution in [0.3, 0.4) is 0 Å². The van der Waals surface area contributed by atoms with E-state index in [1.54, 1.807) is 6.92 Å². The van der Waals surface area contributed by atoms with Crippen molar-refractivity contribution in [2.45, 2.75) is 13.3 Å². The average molecular weight is 265 g/mol. The van der Waals surface area contributed by atoms with E-state index in [2.05, 4.69) is 4.98 Å². The second kappa shape index (κ2) is 4.63. The van der Waals surface area contributed by atoms with Crippen molar-refractivity contribution < 1.29 is 19.6 Å². The Balaban J connectivity index is 2.28. The number of anilines is 1. The van der Waals surface area contributed by atoms with Gasteiger partial charge in [0.2, 0.25) is 5.91 Å². The maximum absolute atomic E-state index is 11.7. The molecule has 19 heavy (non-hydrogen) atoms. The van der Waals surface area contributed by atoms with Crippen LogP contribution in [0.2, 0.25) is 0 Å². The van der Waals surface area contributed by atoms with Crippen LogP contribution in [0.5, 0.6) is 0 Å². The van der Waals surface area contributed by atoms with Crippen molar-refractivity contribution in [3.8, 4) is 0 Å². The maximum Gasteiger partial charge on any atom is 0.308 e. The van der Waals surface area contributed by atoms with Crippen molar-refractivity contribution in [2.24, 2.45) is 5.92 Å². The van der Waals surface area contributed by atoms with Crippen LogP contribution < -0.4 is 4.90 Å². The monoisotopic (exact) mass is 265 g/mol. The van der Waals surface area contributed by atoms with Gasteiger partial charge in [-0.2, -0.15) is 0 Å². The number of aryl methyl sites for hydroxylation is 1. The third-order valence-electron chi connectivity index (χ3n) is 3.02. The van der Waals surface area contributed by atoms with E-state index in [4.69, 9.17) is 5.11 Å². The quantitative estimate of drug-likeness (QED) is 0.636. The van der Waals surface area contributed by atoms with Gasteiger partial charge >= 0.3 is 5.97 Å². The normalized spacial score (nSPS) is 18.7. The first-order valence-corrected chi connectivity index (χ1v) is 5.54. The predicted molar refractivity (Wildman–Crippen MR) is 63.7 cm³/mol. The molecular formula is C11H11N3O5. The van der Waals surface area contributed by atoms with Crippen molar-refractivity contribution in [1.82, 2.24) is 4.98 Å². The van der Waals surface area contributed by atoms with Gasteiger partial charge in [-0.3, -0.25) is 24.6 Å². The number of hydrogen-bond donors (Lipinski definition) is 1. The molecule has 0 aliphatic carbocycles. The van der Waals surface area contributed by atoms with E-state index in [0.717, 1.165) is 6.20 Å². The summed E-state index contributed by atoms with van der Waals surface area (Å²) < 4.78 is 0. The maximum atomic E-state index is 11.7. The summed E-state index contributed by atoms with van der Waals surface area (Å²) in [6.45, 7) is 1.58. The zero-order chi connectivity index (χ0) is 14.2. The molecule has 0 saturated carbocycles. The molecule has 1 aromatic heterocycles. The van der Waals surface area contributed by atoms with Crippen LogP contribution in [0.4, 0.5) is 11.5 Å². The minimum Gasteiger partial charge on any atom is -0.481 e. The van der Waals surface area contributed by atoms with Crippen LogP contribution in [0.1, 0.15) is 12.0 Å². The van der Waals surface area contributed by atoms with E-state index < -0.39 is 16.8 Å². The molecule has 1 aliphatic heterocycles. The molecule has 1 N–H and O–H groups in total. The Labute approximate surface area is 107 Å². The largest absolute Gasteiger partial charge is 0.481 e. The molecule has 8 nitrogen and oxygen atoms in total. The molecule has 0 spiro atoms. The molecule has 1 amide bonds. The summed E-state index contributed by atoms with van der Waals surface area (Å²) >= 11 is 0. The van der Waals surface area contributed by atoms with E-state index in [9.17, 15) is 19.7 Å². The van der Waals surface area contributed by atoms with Crippen LogP contribution in [0.15, 0.2) is 12.3 Å². The Morgan fingerprint density at radius 1 is 1.63 bits per heavy atom. The number of hydrogen-bond acceptors (Lipinski definition) is 5. The Hall–Kier alpha value is -2.51. The van der Waals surface area contributed by atoms with E-state index in [-0.39, 0.29) is 30.4 Å². The number of carbonyl (C=O) groups is 2.